The summed E-state index contributed by atoms with van der Waals surface area (Å²) in [7, 11) is 0. The molecule has 0 radical (unpaired) electrons. The van der Waals surface area contributed by atoms with Gasteiger partial charge in [-0.25, -0.2) is 0 Å². The monoisotopic (exact) mass is 282 g/mol. The molecule has 0 bridgehead atoms. The zero-order chi connectivity index (χ0) is 15.3. The van der Waals surface area contributed by atoms with Gasteiger partial charge in [0.2, 0.25) is 11.8 Å². The minimum Gasteiger partial charge on any atom is -0.343 e. The van der Waals surface area contributed by atoms with Gasteiger partial charge in [0.15, 0.2) is 0 Å². The molecule has 0 N–H and O–H groups in total. The molecule has 20 heavy (non-hydrogen) atoms. The summed E-state index contributed by atoms with van der Waals surface area (Å²) in [5.74, 6) is 0.394. The molecule has 116 valence electrons. The number of amides is 2. The molecule has 0 spiro atoms. The van der Waals surface area contributed by atoms with Crippen LogP contribution in [0, 0.1) is 11.3 Å². The van der Waals surface area contributed by atoms with E-state index in [9.17, 15) is 9.59 Å². The van der Waals surface area contributed by atoms with Crippen LogP contribution in [0.4, 0.5) is 0 Å². The van der Waals surface area contributed by atoms with E-state index in [1.54, 1.807) is 0 Å². The van der Waals surface area contributed by atoms with Crippen LogP contribution in [-0.4, -0.2) is 47.8 Å². The third kappa shape index (κ3) is 4.80. The molecule has 4 nitrogen and oxygen atoms in total. The van der Waals surface area contributed by atoms with Crippen molar-refractivity contribution in [2.75, 3.05) is 26.2 Å². The van der Waals surface area contributed by atoms with Crippen LogP contribution < -0.4 is 0 Å². The topological polar surface area (TPSA) is 40.6 Å². The lowest BCUT2D eigenvalue weighted by molar-refractivity contribution is -0.141. The molecule has 0 aromatic rings. The van der Waals surface area contributed by atoms with E-state index in [1.165, 1.54) is 0 Å². The average molecular weight is 282 g/mol. The van der Waals surface area contributed by atoms with Gasteiger partial charge in [-0.05, 0) is 32.1 Å². The molecule has 1 heterocycles. The van der Waals surface area contributed by atoms with E-state index in [2.05, 4.69) is 20.8 Å². The van der Waals surface area contributed by atoms with Gasteiger partial charge in [0.1, 0.15) is 0 Å². The number of carbonyl (C=O) groups is 2. The fourth-order valence-electron chi connectivity index (χ4n) is 2.76. The second-order valence-electron chi connectivity index (χ2n) is 6.93. The van der Waals surface area contributed by atoms with Gasteiger partial charge in [-0.3, -0.25) is 9.59 Å². The summed E-state index contributed by atoms with van der Waals surface area (Å²) in [6.45, 7) is 13.2. The van der Waals surface area contributed by atoms with Gasteiger partial charge in [0.05, 0.1) is 5.92 Å². The molecule has 4 heteroatoms. The van der Waals surface area contributed by atoms with Crippen LogP contribution in [0.3, 0.4) is 0 Å². The molecule has 0 aromatic carbocycles. The van der Waals surface area contributed by atoms with Crippen molar-refractivity contribution in [2.24, 2.45) is 11.3 Å². The van der Waals surface area contributed by atoms with Crippen molar-refractivity contribution in [2.45, 2.75) is 53.9 Å². The fraction of sp³-hybridized carbons (Fsp3) is 0.875. The molecule has 2 amide bonds. The number of piperidine rings is 1. The maximum absolute atomic E-state index is 12.4. The van der Waals surface area contributed by atoms with Crippen molar-refractivity contribution >= 4 is 11.8 Å². The molecule has 0 aliphatic carbocycles. The molecule has 1 atom stereocenters. The molecular weight excluding hydrogens is 252 g/mol. The summed E-state index contributed by atoms with van der Waals surface area (Å²) in [4.78, 5) is 28.5. The Morgan fingerprint density at radius 2 is 1.80 bits per heavy atom. The predicted molar refractivity (Wildman–Crippen MR) is 81.3 cm³/mol. The van der Waals surface area contributed by atoms with Crippen LogP contribution in [0.1, 0.15) is 53.9 Å². The van der Waals surface area contributed by atoms with E-state index < -0.39 is 0 Å². The minimum atomic E-state index is -0.00688. The van der Waals surface area contributed by atoms with Crippen LogP contribution in [0.15, 0.2) is 0 Å². The first-order chi connectivity index (χ1) is 9.28. The number of nitrogens with zero attached hydrogens (tertiary/aromatic N) is 2. The smallest absolute Gasteiger partial charge is 0.227 e. The van der Waals surface area contributed by atoms with Crippen molar-refractivity contribution in [1.82, 2.24) is 9.80 Å². The maximum atomic E-state index is 12.4. The lowest BCUT2D eigenvalue weighted by Crippen LogP contribution is -2.47. The minimum absolute atomic E-state index is 0.00685. The molecule has 0 aromatic heterocycles. The van der Waals surface area contributed by atoms with Crippen molar-refractivity contribution in [3.63, 3.8) is 0 Å². The van der Waals surface area contributed by atoms with Crippen molar-refractivity contribution in [3.05, 3.63) is 0 Å². The Labute approximate surface area is 123 Å². The molecule has 0 saturated carbocycles. The normalized spacial score (nSPS) is 19.9. The lowest BCUT2D eigenvalue weighted by Gasteiger charge is -2.35. The Morgan fingerprint density at radius 3 is 2.30 bits per heavy atom. The number of likely N-dealkylation sites (tertiary alicyclic amines) is 1. The highest BCUT2D eigenvalue weighted by molar-refractivity contribution is 5.81. The summed E-state index contributed by atoms with van der Waals surface area (Å²) in [5, 5.41) is 0. The van der Waals surface area contributed by atoms with Crippen LogP contribution in [0.5, 0.6) is 0 Å². The van der Waals surface area contributed by atoms with Crippen molar-refractivity contribution in [3.8, 4) is 0 Å². The highest BCUT2D eigenvalue weighted by Gasteiger charge is 2.31. The Bertz CT molecular complexity index is 343. The van der Waals surface area contributed by atoms with Gasteiger partial charge in [-0.15, -0.1) is 0 Å². The summed E-state index contributed by atoms with van der Waals surface area (Å²) < 4.78 is 0. The number of rotatable bonds is 4. The first kappa shape index (κ1) is 17.0. The molecule has 1 unspecified atom stereocenters. The molecule has 1 fully saturated rings. The van der Waals surface area contributed by atoms with E-state index in [1.807, 2.05) is 23.6 Å². The number of carbonyl (C=O) groups excluding carboxylic acids is 2. The standard InChI is InChI=1S/C16H30N2O2/c1-6-17(7-2)15(20)13-9-8-10-18(12-13)14(19)11-16(3,4)5/h13H,6-12H2,1-5H3. The average Bonchev–Trinajstić information content (AvgIpc) is 2.38. The van der Waals surface area contributed by atoms with Gasteiger partial charge in [-0.2, -0.15) is 0 Å². The molecular formula is C16H30N2O2. The fourth-order valence-corrected chi connectivity index (χ4v) is 2.76. The highest BCUT2D eigenvalue weighted by Crippen LogP contribution is 2.24. The molecule has 1 aliphatic rings. The predicted octanol–water partition coefficient (Wildman–Crippen LogP) is 2.53. The third-order valence-electron chi connectivity index (χ3n) is 3.88. The van der Waals surface area contributed by atoms with Crippen LogP contribution in [-0.2, 0) is 9.59 Å². The summed E-state index contributed by atoms with van der Waals surface area (Å²) in [6, 6.07) is 0. The highest BCUT2D eigenvalue weighted by atomic mass is 16.2. The first-order valence-electron chi connectivity index (χ1n) is 7.85. The Kier molecular flexibility index (Phi) is 6.03. The lowest BCUT2D eigenvalue weighted by atomic mass is 9.90. The Balaban J connectivity index is 2.62. The van der Waals surface area contributed by atoms with Gasteiger partial charge in [0, 0.05) is 32.6 Å². The largest absolute Gasteiger partial charge is 0.343 e. The first-order valence-corrected chi connectivity index (χ1v) is 7.85. The van der Waals surface area contributed by atoms with E-state index in [0.717, 1.165) is 32.5 Å². The molecule has 1 aliphatic heterocycles. The number of hydrogen-bond acceptors (Lipinski definition) is 2. The molecule has 1 rings (SSSR count). The van der Waals surface area contributed by atoms with Crippen molar-refractivity contribution in [1.29, 1.82) is 0 Å². The summed E-state index contributed by atoms with van der Waals surface area (Å²) in [5.41, 5.74) is 0.00685. The zero-order valence-corrected chi connectivity index (χ0v) is 13.7. The summed E-state index contributed by atoms with van der Waals surface area (Å²) >= 11 is 0. The van der Waals surface area contributed by atoms with Crippen LogP contribution in [0.2, 0.25) is 0 Å². The van der Waals surface area contributed by atoms with E-state index in [-0.39, 0.29) is 23.1 Å². The van der Waals surface area contributed by atoms with Gasteiger partial charge >= 0.3 is 0 Å². The second kappa shape index (κ2) is 7.09. The maximum Gasteiger partial charge on any atom is 0.227 e. The third-order valence-corrected chi connectivity index (χ3v) is 3.88. The van der Waals surface area contributed by atoms with Crippen LogP contribution >= 0.6 is 0 Å². The zero-order valence-electron chi connectivity index (χ0n) is 13.7. The van der Waals surface area contributed by atoms with E-state index in [0.29, 0.717) is 13.0 Å². The Morgan fingerprint density at radius 1 is 1.20 bits per heavy atom. The molecule has 1 saturated heterocycles. The van der Waals surface area contributed by atoms with Gasteiger partial charge in [0.25, 0.3) is 0 Å². The van der Waals surface area contributed by atoms with E-state index >= 15 is 0 Å². The second-order valence-corrected chi connectivity index (χ2v) is 6.93. The van der Waals surface area contributed by atoms with Crippen molar-refractivity contribution < 1.29 is 9.59 Å². The Hall–Kier alpha value is -1.06. The van der Waals surface area contributed by atoms with Gasteiger partial charge < -0.3 is 9.80 Å². The van der Waals surface area contributed by atoms with Crippen LogP contribution in [0.25, 0.3) is 0 Å². The number of hydrogen-bond donors (Lipinski definition) is 0. The quantitative estimate of drug-likeness (QED) is 0.795. The van der Waals surface area contributed by atoms with Gasteiger partial charge in [-0.1, -0.05) is 20.8 Å². The summed E-state index contributed by atoms with van der Waals surface area (Å²) in [6.07, 6.45) is 2.40. The SMILES string of the molecule is CCN(CC)C(=O)C1CCCN(C(=O)CC(C)(C)C)C1. The van der Waals surface area contributed by atoms with E-state index in [4.69, 9.17) is 0 Å².